The molecule has 63 heavy (non-hydrogen) atoms. The molecule has 16 heteroatoms. The van der Waals surface area contributed by atoms with Crippen LogP contribution in [0.4, 0.5) is 8.78 Å². The number of halogens is 2. The van der Waals surface area contributed by atoms with Crippen molar-refractivity contribution >= 4 is 30.1 Å². The van der Waals surface area contributed by atoms with Crippen molar-refractivity contribution in [2.75, 3.05) is 27.9 Å². The summed E-state index contributed by atoms with van der Waals surface area (Å²) >= 11 is 0. The van der Waals surface area contributed by atoms with Gasteiger partial charge in [0.25, 0.3) is 0 Å². The number of fused-ring (bicyclic) bond motifs is 1. The van der Waals surface area contributed by atoms with E-state index in [-0.39, 0.29) is 48.5 Å². The van der Waals surface area contributed by atoms with Crippen LogP contribution < -0.4 is 14.2 Å². The Labute approximate surface area is 366 Å². The van der Waals surface area contributed by atoms with E-state index in [1.807, 2.05) is 62.4 Å². The van der Waals surface area contributed by atoms with Gasteiger partial charge in [0.1, 0.15) is 47.1 Å². The number of carbonyl (C=O) groups excluding carboxylic acids is 4. The molecular weight excluding hydrogens is 826 g/mol. The normalized spacial score (nSPS) is 19.0. The van der Waals surface area contributed by atoms with Crippen molar-refractivity contribution in [1.82, 2.24) is 0 Å². The first kappa shape index (κ1) is 53.2. The molecule has 1 aliphatic heterocycles. The number of aliphatic hydroxyl groups is 2. The van der Waals surface area contributed by atoms with Gasteiger partial charge < -0.3 is 53.3 Å². The molecule has 1 heterocycles. The quantitative estimate of drug-likeness (QED) is 0.0772. The Morgan fingerprint density at radius 1 is 0.857 bits per heavy atom. The SMILES string of the molecule is CCOC(=O)/C(F)=C\C[C@@H](C)OCc1ccc(OC)cc1.COc1cc(O)c2c(c1)/C=C/C[C@H](O)[C@H](O)C(=O)/C(F)=C\C[C@H](C)OC2=O.COc1ccc(CO[C@H](C)CC=O)cc1. The molecule has 4 rings (SSSR count). The fourth-order valence-corrected chi connectivity index (χ4v) is 5.28. The second-order valence-corrected chi connectivity index (χ2v) is 14.0. The minimum atomic E-state index is -1.93. The summed E-state index contributed by atoms with van der Waals surface area (Å²) in [6.45, 7) is 7.92. The predicted molar refractivity (Wildman–Crippen MR) is 230 cm³/mol. The monoisotopic (exact) mass is 884 g/mol. The number of aliphatic hydroxyl groups excluding tert-OH is 2. The summed E-state index contributed by atoms with van der Waals surface area (Å²) in [4.78, 5) is 45.5. The van der Waals surface area contributed by atoms with Gasteiger partial charge in [-0.1, -0.05) is 36.4 Å². The standard InChI is InChI=1S/C19H21FO7.C16H21FO4.C12H16O3/c1-10-6-7-13(20)17(23)18(24)14(21)5-3-4-11-8-12(26-2)9-15(22)16(11)19(25)27-10;1-4-20-16(18)15(17)10-5-12(2)21-11-13-6-8-14(19-3)9-7-13;1-10(7-8-13)15-9-11-3-5-12(14-2)6-4-11/h3-4,7-10,14,18,21-22,24H,5-6H2,1-2H3;6-10,12H,4-5,11H2,1-3H3;3-6,8,10H,7,9H2,1-2H3/b4-3+,13-7+;15-10+;/t10-,14-,18-;12-;10-/m011/s1. The molecule has 344 valence electrons. The van der Waals surface area contributed by atoms with Crippen molar-refractivity contribution in [2.24, 2.45) is 0 Å². The number of hydrogen-bond acceptors (Lipinski definition) is 14. The lowest BCUT2D eigenvalue weighted by molar-refractivity contribution is -0.140. The average Bonchev–Trinajstić information content (AvgIpc) is 3.28. The molecule has 0 aliphatic carbocycles. The van der Waals surface area contributed by atoms with Crippen LogP contribution >= 0.6 is 0 Å². The summed E-state index contributed by atoms with van der Waals surface area (Å²) in [5, 5.41) is 29.9. The molecule has 1 aliphatic rings. The van der Waals surface area contributed by atoms with E-state index in [1.54, 1.807) is 21.1 Å². The van der Waals surface area contributed by atoms with Crippen LogP contribution in [0.3, 0.4) is 0 Å². The molecule has 0 fully saturated rings. The number of benzene rings is 3. The van der Waals surface area contributed by atoms with Gasteiger partial charge in [-0.15, -0.1) is 0 Å². The zero-order chi connectivity index (χ0) is 46.9. The molecule has 0 saturated carbocycles. The first-order valence-electron chi connectivity index (χ1n) is 20.1. The Morgan fingerprint density at radius 3 is 1.90 bits per heavy atom. The van der Waals surface area contributed by atoms with Crippen LogP contribution in [0.25, 0.3) is 6.08 Å². The summed E-state index contributed by atoms with van der Waals surface area (Å²) in [6, 6.07) is 17.9. The molecule has 3 N–H and O–H groups in total. The van der Waals surface area contributed by atoms with Gasteiger partial charge >= 0.3 is 11.9 Å². The number of ketones is 1. The summed E-state index contributed by atoms with van der Waals surface area (Å²) in [6.07, 6.45) is 1.66. The van der Waals surface area contributed by atoms with Crippen LogP contribution in [0, 0.1) is 0 Å². The fourth-order valence-electron chi connectivity index (χ4n) is 5.28. The number of phenolic OH excluding ortho intramolecular Hbond substituents is 1. The Balaban J connectivity index is 0.000000339. The molecule has 0 unspecified atom stereocenters. The Bertz CT molecular complexity index is 1980. The molecule has 0 radical (unpaired) electrons. The highest BCUT2D eigenvalue weighted by atomic mass is 19.1. The highest BCUT2D eigenvalue weighted by Gasteiger charge is 2.28. The fraction of sp³-hybridized carbons (Fsp3) is 0.404. The van der Waals surface area contributed by atoms with E-state index in [2.05, 4.69) is 4.74 Å². The average molecular weight is 885 g/mol. The van der Waals surface area contributed by atoms with Crippen LogP contribution in [0.15, 0.2) is 90.5 Å². The second kappa shape index (κ2) is 28.6. The van der Waals surface area contributed by atoms with Gasteiger partial charge in [0.2, 0.25) is 11.6 Å². The maximum Gasteiger partial charge on any atom is 0.366 e. The van der Waals surface area contributed by atoms with E-state index >= 15 is 0 Å². The molecule has 3 aromatic rings. The molecule has 5 atom stereocenters. The molecule has 0 spiro atoms. The summed E-state index contributed by atoms with van der Waals surface area (Å²) < 4.78 is 63.1. The van der Waals surface area contributed by atoms with Gasteiger partial charge in [0.05, 0.1) is 59.5 Å². The van der Waals surface area contributed by atoms with Crippen LogP contribution in [-0.4, -0.2) is 97.8 Å². The zero-order valence-electron chi connectivity index (χ0n) is 36.6. The molecule has 3 aromatic carbocycles. The lowest BCUT2D eigenvalue weighted by Gasteiger charge is -2.17. The number of ether oxygens (including phenoxy) is 7. The van der Waals surface area contributed by atoms with Gasteiger partial charge in [-0.3, -0.25) is 4.79 Å². The van der Waals surface area contributed by atoms with Crippen molar-refractivity contribution in [3.63, 3.8) is 0 Å². The minimum Gasteiger partial charge on any atom is -0.507 e. The highest BCUT2D eigenvalue weighted by molar-refractivity contribution is 5.98. The first-order chi connectivity index (χ1) is 30.1. The zero-order valence-corrected chi connectivity index (χ0v) is 36.6. The van der Waals surface area contributed by atoms with E-state index in [4.69, 9.17) is 28.4 Å². The lowest BCUT2D eigenvalue weighted by Crippen LogP contribution is -2.34. The Morgan fingerprint density at radius 2 is 1.40 bits per heavy atom. The summed E-state index contributed by atoms with van der Waals surface area (Å²) in [7, 11) is 4.64. The molecule has 0 aromatic heterocycles. The van der Waals surface area contributed by atoms with Crippen LogP contribution in [0.5, 0.6) is 23.0 Å². The summed E-state index contributed by atoms with van der Waals surface area (Å²) in [5.74, 6) is -3.57. The van der Waals surface area contributed by atoms with E-state index in [9.17, 15) is 43.3 Å². The Kier molecular flexibility index (Phi) is 24.2. The topological polar surface area (TPSA) is 194 Å². The third-order valence-electron chi connectivity index (χ3n) is 8.96. The van der Waals surface area contributed by atoms with Crippen LogP contribution in [0.1, 0.15) is 80.4 Å². The smallest absolute Gasteiger partial charge is 0.366 e. The molecule has 14 nitrogen and oxygen atoms in total. The largest absolute Gasteiger partial charge is 0.507 e. The maximum absolute atomic E-state index is 13.9. The Hall–Kier alpha value is -5.94. The maximum atomic E-state index is 13.9. The number of hydrogen-bond donors (Lipinski definition) is 3. The second-order valence-electron chi connectivity index (χ2n) is 14.0. The van der Waals surface area contributed by atoms with E-state index in [0.717, 1.165) is 35.0 Å². The third kappa shape index (κ3) is 19.3. The number of phenols is 1. The van der Waals surface area contributed by atoms with Crippen LogP contribution in [0.2, 0.25) is 0 Å². The van der Waals surface area contributed by atoms with Gasteiger partial charge in [0, 0.05) is 18.9 Å². The first-order valence-corrected chi connectivity index (χ1v) is 20.1. The van der Waals surface area contributed by atoms with Crippen molar-refractivity contribution in [3.8, 4) is 23.0 Å². The third-order valence-corrected chi connectivity index (χ3v) is 8.96. The van der Waals surface area contributed by atoms with E-state index < -0.39 is 47.7 Å². The van der Waals surface area contributed by atoms with Crippen molar-refractivity contribution in [2.45, 2.75) is 97.1 Å². The number of esters is 2. The predicted octanol–water partition coefficient (Wildman–Crippen LogP) is 7.49. The number of Topliss-reactive ketones (excluding diaryl/α,β-unsaturated/α-hetero) is 1. The van der Waals surface area contributed by atoms with Crippen molar-refractivity contribution in [1.29, 1.82) is 0 Å². The van der Waals surface area contributed by atoms with Crippen molar-refractivity contribution in [3.05, 3.63) is 113 Å². The number of rotatable bonds is 15. The minimum absolute atomic E-state index is 0.0235. The number of methoxy groups -OCH3 is 3. The van der Waals surface area contributed by atoms with Crippen LogP contribution in [-0.2, 0) is 46.5 Å². The molecule has 0 bridgehead atoms. The molecular formula is C47H58F2O14. The van der Waals surface area contributed by atoms with Gasteiger partial charge in [0.15, 0.2) is 5.83 Å². The highest BCUT2D eigenvalue weighted by Crippen LogP contribution is 2.30. The van der Waals surface area contributed by atoms with E-state index in [0.29, 0.717) is 31.8 Å². The van der Waals surface area contributed by atoms with E-state index in [1.165, 1.54) is 44.4 Å². The molecule has 0 amide bonds. The van der Waals surface area contributed by atoms with Crippen molar-refractivity contribution < 1.29 is 76.4 Å². The lowest BCUT2D eigenvalue weighted by atomic mass is 10.0. The number of aromatic hydroxyl groups is 1. The summed E-state index contributed by atoms with van der Waals surface area (Å²) in [5.41, 5.74) is 2.22. The molecule has 0 saturated heterocycles. The van der Waals surface area contributed by atoms with Gasteiger partial charge in [-0.2, -0.15) is 4.39 Å². The number of cyclic esters (lactones) is 1. The van der Waals surface area contributed by atoms with Gasteiger partial charge in [-0.05, 0) is 99.7 Å². The number of aldehydes is 1. The number of carbonyl (C=O) groups is 4. The van der Waals surface area contributed by atoms with Gasteiger partial charge in [-0.25, -0.2) is 14.0 Å².